The molecule has 142 valence electrons. The summed E-state index contributed by atoms with van der Waals surface area (Å²) in [7, 11) is 0. The van der Waals surface area contributed by atoms with Crippen molar-refractivity contribution in [2.45, 2.75) is 45.6 Å². The fourth-order valence-corrected chi connectivity index (χ4v) is 2.76. The van der Waals surface area contributed by atoms with Crippen molar-refractivity contribution in [1.82, 2.24) is 4.98 Å². The molecule has 0 atom stereocenters. The molecule has 27 heavy (non-hydrogen) atoms. The number of rotatable bonds is 5. The Kier molecular flexibility index (Phi) is 5.44. The van der Waals surface area contributed by atoms with Crippen molar-refractivity contribution < 1.29 is 18.7 Å². The zero-order valence-corrected chi connectivity index (χ0v) is 15.9. The second kappa shape index (κ2) is 7.78. The third-order valence-corrected chi connectivity index (χ3v) is 4.32. The van der Waals surface area contributed by atoms with Crippen LogP contribution in [0.2, 0.25) is 0 Å². The Morgan fingerprint density at radius 1 is 1.30 bits per heavy atom. The van der Waals surface area contributed by atoms with Crippen LogP contribution in [0, 0.1) is 0 Å². The van der Waals surface area contributed by atoms with Gasteiger partial charge in [0.15, 0.2) is 6.61 Å². The molecular weight excluding hydrogens is 344 g/mol. The minimum atomic E-state index is -0.468. The van der Waals surface area contributed by atoms with E-state index in [0.29, 0.717) is 12.3 Å². The topological polar surface area (TPSA) is 72.6 Å². The first-order valence-corrected chi connectivity index (χ1v) is 9.03. The molecule has 2 aromatic rings. The average molecular weight is 368 g/mol. The van der Waals surface area contributed by atoms with E-state index in [1.807, 2.05) is 45.0 Å². The summed E-state index contributed by atoms with van der Waals surface area (Å²) >= 11 is 0. The largest absolute Gasteiger partial charge is 0.453 e. The molecular formula is C21H24N2O4. The molecule has 1 aromatic heterocycles. The summed E-state index contributed by atoms with van der Waals surface area (Å²) < 4.78 is 10.7. The number of carbonyl (C=O) groups excluding carboxylic acids is 2. The van der Waals surface area contributed by atoms with Crippen LogP contribution in [0.4, 0.5) is 5.69 Å². The number of oxazole rings is 1. The lowest BCUT2D eigenvalue weighted by Crippen LogP contribution is -2.23. The first-order chi connectivity index (χ1) is 12.8. The quantitative estimate of drug-likeness (QED) is 0.592. The normalized spacial score (nSPS) is 14.9. The number of ether oxygens (including phenoxy) is 1. The lowest BCUT2D eigenvalue weighted by atomic mass is 9.94. The summed E-state index contributed by atoms with van der Waals surface area (Å²) in [6, 6.07) is 7.51. The average Bonchev–Trinajstić information content (AvgIpc) is 3.27. The maximum atomic E-state index is 11.9. The highest BCUT2D eigenvalue weighted by Crippen LogP contribution is 2.23. The molecule has 2 heterocycles. The zero-order chi connectivity index (χ0) is 19.4. The molecule has 3 rings (SSSR count). The van der Waals surface area contributed by atoms with E-state index < -0.39 is 5.97 Å². The van der Waals surface area contributed by atoms with Crippen LogP contribution in [0.15, 0.2) is 41.0 Å². The van der Waals surface area contributed by atoms with Crippen LogP contribution >= 0.6 is 0 Å². The molecule has 1 fully saturated rings. The van der Waals surface area contributed by atoms with E-state index in [-0.39, 0.29) is 17.9 Å². The van der Waals surface area contributed by atoms with Gasteiger partial charge in [-0.15, -0.1) is 0 Å². The van der Waals surface area contributed by atoms with E-state index in [4.69, 9.17) is 9.15 Å². The third kappa shape index (κ3) is 4.84. The Labute approximate surface area is 158 Å². The molecule has 6 nitrogen and oxygen atoms in total. The zero-order valence-electron chi connectivity index (χ0n) is 15.9. The van der Waals surface area contributed by atoms with E-state index in [2.05, 4.69) is 4.98 Å². The summed E-state index contributed by atoms with van der Waals surface area (Å²) in [5, 5.41) is 0. The number of esters is 1. The fraction of sp³-hybridized carbons (Fsp3) is 0.381. The van der Waals surface area contributed by atoms with Gasteiger partial charge in [0.25, 0.3) is 0 Å². The Morgan fingerprint density at radius 2 is 2.04 bits per heavy atom. The maximum Gasteiger partial charge on any atom is 0.331 e. The smallest absolute Gasteiger partial charge is 0.331 e. The van der Waals surface area contributed by atoms with Crippen LogP contribution < -0.4 is 4.90 Å². The third-order valence-electron chi connectivity index (χ3n) is 4.32. The van der Waals surface area contributed by atoms with Gasteiger partial charge in [-0.1, -0.05) is 32.9 Å². The Hall–Kier alpha value is -2.89. The number of amides is 1. The van der Waals surface area contributed by atoms with Crippen molar-refractivity contribution in [2.75, 3.05) is 11.4 Å². The highest BCUT2D eigenvalue weighted by molar-refractivity contribution is 5.95. The Balaban J connectivity index is 1.52. The summed E-state index contributed by atoms with van der Waals surface area (Å²) in [4.78, 5) is 29.5. The van der Waals surface area contributed by atoms with E-state index in [9.17, 15) is 9.59 Å². The molecule has 0 bridgehead atoms. The van der Waals surface area contributed by atoms with Gasteiger partial charge in [0.1, 0.15) is 5.76 Å². The van der Waals surface area contributed by atoms with Gasteiger partial charge in [-0.3, -0.25) is 4.79 Å². The van der Waals surface area contributed by atoms with Crippen LogP contribution in [0.25, 0.3) is 6.08 Å². The van der Waals surface area contributed by atoms with Gasteiger partial charge in [-0.05, 0) is 30.2 Å². The minimum Gasteiger partial charge on any atom is -0.453 e. The number of nitrogens with zero attached hydrogens (tertiary/aromatic N) is 2. The maximum absolute atomic E-state index is 11.9. The minimum absolute atomic E-state index is 0.00470. The monoisotopic (exact) mass is 368 g/mol. The highest BCUT2D eigenvalue weighted by atomic mass is 16.5. The molecule has 0 spiro atoms. The van der Waals surface area contributed by atoms with Gasteiger partial charge >= 0.3 is 5.97 Å². The van der Waals surface area contributed by atoms with Gasteiger partial charge in [-0.2, -0.15) is 0 Å². The van der Waals surface area contributed by atoms with Gasteiger partial charge in [-0.25, -0.2) is 9.78 Å². The van der Waals surface area contributed by atoms with Crippen LogP contribution in [-0.2, 0) is 26.3 Å². The van der Waals surface area contributed by atoms with Crippen LogP contribution in [-0.4, -0.2) is 23.4 Å². The van der Waals surface area contributed by atoms with E-state index >= 15 is 0 Å². The molecule has 0 unspecified atom stereocenters. The van der Waals surface area contributed by atoms with E-state index in [0.717, 1.165) is 30.0 Å². The molecule has 0 saturated carbocycles. The SMILES string of the molecule is CC(C)(C)c1cnc(COC(=O)/C=C/c2ccc(N3CCCC3=O)cc2)o1. The van der Waals surface area contributed by atoms with Crippen molar-refractivity contribution in [3.05, 3.63) is 53.8 Å². The van der Waals surface area contributed by atoms with Crippen LogP contribution in [0.3, 0.4) is 0 Å². The molecule has 1 amide bonds. The number of benzene rings is 1. The van der Waals surface area contributed by atoms with Crippen molar-refractivity contribution in [1.29, 1.82) is 0 Å². The van der Waals surface area contributed by atoms with Crippen molar-refractivity contribution >= 4 is 23.6 Å². The number of hydrogen-bond donors (Lipinski definition) is 0. The summed E-state index contributed by atoms with van der Waals surface area (Å²) in [6.07, 6.45) is 6.20. The first-order valence-electron chi connectivity index (χ1n) is 9.03. The molecule has 6 heteroatoms. The molecule has 1 aliphatic rings. The molecule has 0 radical (unpaired) electrons. The Morgan fingerprint density at radius 3 is 2.63 bits per heavy atom. The molecule has 0 N–H and O–H groups in total. The highest BCUT2D eigenvalue weighted by Gasteiger charge is 2.21. The fourth-order valence-electron chi connectivity index (χ4n) is 2.76. The van der Waals surface area contributed by atoms with E-state index in [1.165, 1.54) is 6.08 Å². The summed E-state index contributed by atoms with van der Waals surface area (Å²) in [6.45, 7) is 6.83. The second-order valence-electron chi connectivity index (χ2n) is 7.55. The number of aromatic nitrogens is 1. The second-order valence-corrected chi connectivity index (χ2v) is 7.55. The molecule has 1 aliphatic heterocycles. The van der Waals surface area contributed by atoms with Crippen molar-refractivity contribution in [3.8, 4) is 0 Å². The first kappa shape index (κ1) is 18.9. The van der Waals surface area contributed by atoms with Crippen molar-refractivity contribution in [3.63, 3.8) is 0 Å². The molecule has 0 aliphatic carbocycles. The van der Waals surface area contributed by atoms with E-state index in [1.54, 1.807) is 17.2 Å². The van der Waals surface area contributed by atoms with Gasteiger partial charge in [0.2, 0.25) is 11.8 Å². The lowest BCUT2D eigenvalue weighted by molar-refractivity contribution is -0.139. The van der Waals surface area contributed by atoms with Gasteiger partial charge in [0, 0.05) is 30.1 Å². The standard InChI is InChI=1S/C21H24N2O4/c1-21(2,3)17-13-22-18(27-17)14-26-20(25)11-8-15-6-9-16(10-7-15)23-12-4-5-19(23)24/h6-11,13H,4-5,12,14H2,1-3H3/b11-8+. The summed E-state index contributed by atoms with van der Waals surface area (Å²) in [5.41, 5.74) is 1.60. The predicted molar refractivity (Wildman–Crippen MR) is 102 cm³/mol. The van der Waals surface area contributed by atoms with Crippen LogP contribution in [0.5, 0.6) is 0 Å². The summed E-state index contributed by atoms with van der Waals surface area (Å²) in [5.74, 6) is 0.814. The Bertz CT molecular complexity index is 844. The number of hydrogen-bond acceptors (Lipinski definition) is 5. The lowest BCUT2D eigenvalue weighted by Gasteiger charge is -2.15. The predicted octanol–water partition coefficient (Wildman–Crippen LogP) is 3.86. The number of anilines is 1. The van der Waals surface area contributed by atoms with Crippen LogP contribution in [0.1, 0.15) is 50.8 Å². The van der Waals surface area contributed by atoms with Gasteiger partial charge in [0.05, 0.1) is 6.20 Å². The van der Waals surface area contributed by atoms with Gasteiger partial charge < -0.3 is 14.1 Å². The number of carbonyl (C=O) groups is 2. The molecule has 1 aromatic carbocycles. The van der Waals surface area contributed by atoms with Crippen molar-refractivity contribution in [2.24, 2.45) is 0 Å². The molecule has 1 saturated heterocycles.